The Labute approximate surface area is 124 Å². The fraction of sp³-hybridized carbons (Fsp3) is 0.167. The van der Waals surface area contributed by atoms with E-state index >= 15 is 0 Å². The van der Waals surface area contributed by atoms with Crippen molar-refractivity contribution in [2.75, 3.05) is 0 Å². The van der Waals surface area contributed by atoms with Gasteiger partial charge in [-0.2, -0.15) is 0 Å². The van der Waals surface area contributed by atoms with Crippen LogP contribution in [0.1, 0.15) is 19.4 Å². The summed E-state index contributed by atoms with van der Waals surface area (Å²) in [5.74, 6) is -0.0654. The van der Waals surface area contributed by atoms with Gasteiger partial charge in [0.2, 0.25) is 0 Å². The maximum absolute atomic E-state index is 10.3. The van der Waals surface area contributed by atoms with Crippen LogP contribution in [0.3, 0.4) is 0 Å². The summed E-state index contributed by atoms with van der Waals surface area (Å²) in [5.41, 5.74) is 1.73. The van der Waals surface area contributed by atoms with E-state index in [1.165, 1.54) is 6.08 Å². The molecule has 0 aromatic heterocycles. The Balaban J connectivity index is 2.15. The lowest BCUT2D eigenvalue weighted by Gasteiger charge is -2.32. The van der Waals surface area contributed by atoms with Crippen LogP contribution in [0.15, 0.2) is 66.3 Å². The summed E-state index contributed by atoms with van der Waals surface area (Å²) >= 11 is 0. The van der Waals surface area contributed by atoms with Crippen molar-refractivity contribution in [2.24, 2.45) is 0 Å². The Morgan fingerprint density at radius 3 is 2.62 bits per heavy atom. The molecular weight excluding hydrogens is 264 g/mol. The van der Waals surface area contributed by atoms with Gasteiger partial charge >= 0.3 is 5.97 Å². The summed E-state index contributed by atoms with van der Waals surface area (Å²) in [6.07, 6.45) is 12.0. The summed E-state index contributed by atoms with van der Waals surface area (Å²) < 4.78 is 6.01. The Morgan fingerprint density at radius 2 is 1.86 bits per heavy atom. The molecule has 1 aromatic carbocycles. The van der Waals surface area contributed by atoms with Gasteiger partial charge in [-0.15, -0.1) is 0 Å². The van der Waals surface area contributed by atoms with E-state index in [4.69, 9.17) is 9.84 Å². The van der Waals surface area contributed by atoms with Gasteiger partial charge in [0.25, 0.3) is 0 Å². The summed E-state index contributed by atoms with van der Waals surface area (Å²) in [4.78, 5) is 10.3. The third kappa shape index (κ3) is 3.96. The Morgan fingerprint density at radius 1 is 1.14 bits per heavy atom. The maximum Gasteiger partial charge on any atom is 0.328 e. The molecule has 21 heavy (non-hydrogen) atoms. The minimum absolute atomic E-state index is 0.393. The van der Waals surface area contributed by atoms with E-state index in [1.54, 1.807) is 12.2 Å². The van der Waals surface area contributed by atoms with E-state index in [9.17, 15) is 4.79 Å². The molecule has 0 spiro atoms. The number of fused-ring (bicyclic) bond motifs is 1. The van der Waals surface area contributed by atoms with Gasteiger partial charge in [-0.25, -0.2) is 4.79 Å². The second-order valence-electron chi connectivity index (χ2n) is 5.19. The van der Waals surface area contributed by atoms with Crippen LogP contribution in [0.5, 0.6) is 5.75 Å². The number of para-hydroxylation sites is 1. The van der Waals surface area contributed by atoms with E-state index in [1.807, 2.05) is 50.3 Å². The molecule has 0 fully saturated rings. The smallest absolute Gasteiger partial charge is 0.328 e. The third-order valence-electron chi connectivity index (χ3n) is 3.14. The lowest BCUT2D eigenvalue weighted by Crippen LogP contribution is -2.32. The van der Waals surface area contributed by atoms with Crippen LogP contribution in [-0.4, -0.2) is 16.7 Å². The highest BCUT2D eigenvalue weighted by atomic mass is 16.5. The van der Waals surface area contributed by atoms with Crippen molar-refractivity contribution in [2.45, 2.75) is 19.4 Å². The number of benzene rings is 1. The molecule has 1 aliphatic rings. The molecule has 1 aliphatic heterocycles. The molecule has 3 nitrogen and oxygen atoms in total. The Kier molecular flexibility index (Phi) is 4.43. The van der Waals surface area contributed by atoms with Gasteiger partial charge in [0.05, 0.1) is 0 Å². The van der Waals surface area contributed by atoms with Gasteiger partial charge in [-0.1, -0.05) is 48.6 Å². The summed E-state index contributed by atoms with van der Waals surface area (Å²) in [6, 6.07) is 7.92. The Hall–Kier alpha value is -2.55. The molecule has 1 heterocycles. The van der Waals surface area contributed by atoms with Crippen molar-refractivity contribution < 1.29 is 14.6 Å². The first-order valence-corrected chi connectivity index (χ1v) is 6.73. The largest absolute Gasteiger partial charge is 0.483 e. The van der Waals surface area contributed by atoms with Crippen LogP contribution in [0.25, 0.3) is 6.08 Å². The number of rotatable bonds is 4. The van der Waals surface area contributed by atoms with Crippen molar-refractivity contribution in [3.63, 3.8) is 0 Å². The van der Waals surface area contributed by atoms with Gasteiger partial charge in [-0.05, 0) is 31.6 Å². The molecule has 3 heteroatoms. The lowest BCUT2D eigenvalue weighted by molar-refractivity contribution is -0.131. The summed E-state index contributed by atoms with van der Waals surface area (Å²) in [6.45, 7) is 4.04. The van der Waals surface area contributed by atoms with Crippen molar-refractivity contribution in [1.29, 1.82) is 0 Å². The van der Waals surface area contributed by atoms with Gasteiger partial charge in [0.15, 0.2) is 0 Å². The zero-order chi connectivity index (χ0) is 15.3. The standard InChI is InChI=1S/C18H18O3/c1-18(2)15(10-5-3-4-6-12-17(19)20)13-14-9-7-8-11-16(14)21-18/h3-13H,1-2H3,(H,19,20)/b4-3+,10-5+,12-6+. The van der Waals surface area contributed by atoms with Crippen LogP contribution in [0.2, 0.25) is 0 Å². The first kappa shape index (κ1) is 14.9. The Bertz CT molecular complexity index is 646. The van der Waals surface area contributed by atoms with E-state index in [2.05, 4.69) is 6.08 Å². The lowest BCUT2D eigenvalue weighted by atomic mass is 9.92. The molecule has 0 saturated heterocycles. The van der Waals surface area contributed by atoms with Gasteiger partial charge in [0, 0.05) is 11.6 Å². The minimum atomic E-state index is -0.954. The van der Waals surface area contributed by atoms with Gasteiger partial charge < -0.3 is 9.84 Å². The number of carbonyl (C=O) groups is 1. The highest BCUT2D eigenvalue weighted by molar-refractivity contribution is 5.80. The molecule has 1 aromatic rings. The van der Waals surface area contributed by atoms with Crippen molar-refractivity contribution >= 4 is 12.0 Å². The molecule has 0 aliphatic carbocycles. The highest BCUT2D eigenvalue weighted by Gasteiger charge is 2.28. The number of aliphatic carboxylic acids is 1. The molecule has 108 valence electrons. The van der Waals surface area contributed by atoms with Crippen molar-refractivity contribution in [3.05, 3.63) is 71.9 Å². The average Bonchev–Trinajstić information content (AvgIpc) is 2.41. The molecule has 0 unspecified atom stereocenters. The fourth-order valence-electron chi connectivity index (χ4n) is 2.04. The van der Waals surface area contributed by atoms with E-state index in [0.717, 1.165) is 23.0 Å². The number of carboxylic acids is 1. The number of hydrogen-bond acceptors (Lipinski definition) is 2. The normalized spacial score (nSPS) is 17.0. The number of allylic oxidation sites excluding steroid dienone is 4. The molecule has 0 saturated carbocycles. The predicted molar refractivity (Wildman–Crippen MR) is 84.2 cm³/mol. The number of hydrogen-bond donors (Lipinski definition) is 1. The van der Waals surface area contributed by atoms with E-state index < -0.39 is 11.6 Å². The topological polar surface area (TPSA) is 46.5 Å². The maximum atomic E-state index is 10.3. The molecule has 2 rings (SSSR count). The SMILES string of the molecule is CC1(C)Oc2ccccc2C=C1/C=C/C=C/C=C/C(=O)O. The van der Waals surface area contributed by atoms with Gasteiger partial charge in [-0.3, -0.25) is 0 Å². The van der Waals surface area contributed by atoms with Crippen LogP contribution >= 0.6 is 0 Å². The minimum Gasteiger partial charge on any atom is -0.483 e. The molecular formula is C18H18O3. The first-order valence-electron chi connectivity index (χ1n) is 6.73. The van der Waals surface area contributed by atoms with Crippen LogP contribution in [-0.2, 0) is 4.79 Å². The summed E-state index contributed by atoms with van der Waals surface area (Å²) in [7, 11) is 0. The predicted octanol–water partition coefficient (Wildman–Crippen LogP) is 3.99. The second-order valence-corrected chi connectivity index (χ2v) is 5.19. The molecule has 0 bridgehead atoms. The monoisotopic (exact) mass is 282 g/mol. The average molecular weight is 282 g/mol. The quantitative estimate of drug-likeness (QED) is 0.671. The van der Waals surface area contributed by atoms with E-state index in [0.29, 0.717) is 0 Å². The van der Waals surface area contributed by atoms with Crippen molar-refractivity contribution in [1.82, 2.24) is 0 Å². The summed E-state index contributed by atoms with van der Waals surface area (Å²) in [5, 5.41) is 8.47. The molecule has 1 N–H and O–H groups in total. The van der Waals surface area contributed by atoms with Crippen LogP contribution in [0.4, 0.5) is 0 Å². The van der Waals surface area contributed by atoms with Crippen LogP contribution < -0.4 is 4.74 Å². The third-order valence-corrected chi connectivity index (χ3v) is 3.14. The molecule has 0 atom stereocenters. The zero-order valence-electron chi connectivity index (χ0n) is 12.1. The highest BCUT2D eigenvalue weighted by Crippen LogP contribution is 2.35. The molecule has 0 radical (unpaired) electrons. The zero-order valence-corrected chi connectivity index (χ0v) is 12.1. The van der Waals surface area contributed by atoms with Gasteiger partial charge in [0.1, 0.15) is 11.4 Å². The molecule has 0 amide bonds. The number of ether oxygens (including phenoxy) is 1. The fourth-order valence-corrected chi connectivity index (χ4v) is 2.04. The second kappa shape index (κ2) is 6.27. The first-order chi connectivity index (χ1) is 9.99. The van der Waals surface area contributed by atoms with Crippen molar-refractivity contribution in [3.8, 4) is 5.75 Å². The van der Waals surface area contributed by atoms with Crippen LogP contribution in [0, 0.1) is 0 Å². The van der Waals surface area contributed by atoms with E-state index in [-0.39, 0.29) is 0 Å². The number of carboxylic acid groups (broad SMARTS) is 1.